The van der Waals surface area contributed by atoms with E-state index in [1.54, 1.807) is 4.90 Å². The third kappa shape index (κ3) is 6.48. The molecule has 0 aliphatic heterocycles. The van der Waals surface area contributed by atoms with Crippen LogP contribution in [-0.4, -0.2) is 33.2 Å². The Bertz CT molecular complexity index is 864. The number of hydrogen-bond acceptors (Lipinski definition) is 3. The lowest BCUT2D eigenvalue weighted by molar-refractivity contribution is -0.116. The Hall–Kier alpha value is -2.18. The van der Waals surface area contributed by atoms with Crippen LogP contribution in [0.2, 0.25) is 0 Å². The SMILES string of the molecule is CC(=O)N(CCNS(=O)(=O)CCCc1ccccc1)c1cccc(C)c1C. The number of nitrogens with one attached hydrogen (secondary N) is 1. The number of carbonyl (C=O) groups is 1. The van der Waals surface area contributed by atoms with Crippen molar-refractivity contribution in [1.29, 1.82) is 0 Å². The van der Waals surface area contributed by atoms with Crippen molar-refractivity contribution in [3.63, 3.8) is 0 Å². The minimum Gasteiger partial charge on any atom is -0.311 e. The number of sulfonamides is 1. The van der Waals surface area contributed by atoms with E-state index in [9.17, 15) is 13.2 Å². The van der Waals surface area contributed by atoms with Crippen LogP contribution in [0, 0.1) is 13.8 Å². The van der Waals surface area contributed by atoms with E-state index in [1.807, 2.05) is 62.4 Å². The van der Waals surface area contributed by atoms with Crippen molar-refractivity contribution in [3.05, 3.63) is 65.2 Å². The zero-order valence-corrected chi connectivity index (χ0v) is 17.1. The van der Waals surface area contributed by atoms with Gasteiger partial charge in [0.1, 0.15) is 0 Å². The number of nitrogens with zero attached hydrogens (tertiary/aromatic N) is 1. The van der Waals surface area contributed by atoms with Gasteiger partial charge in [-0.05, 0) is 49.4 Å². The predicted octanol–water partition coefficient (Wildman–Crippen LogP) is 3.21. The van der Waals surface area contributed by atoms with Gasteiger partial charge in [0.15, 0.2) is 0 Å². The number of benzene rings is 2. The normalized spacial score (nSPS) is 11.4. The molecule has 2 aromatic rings. The van der Waals surface area contributed by atoms with Gasteiger partial charge in [-0.25, -0.2) is 13.1 Å². The van der Waals surface area contributed by atoms with E-state index >= 15 is 0 Å². The Morgan fingerprint density at radius 2 is 1.74 bits per heavy atom. The summed E-state index contributed by atoms with van der Waals surface area (Å²) in [7, 11) is -3.36. The number of amides is 1. The first-order valence-corrected chi connectivity index (χ1v) is 10.8. The molecule has 27 heavy (non-hydrogen) atoms. The summed E-state index contributed by atoms with van der Waals surface area (Å²) in [6, 6.07) is 15.6. The van der Waals surface area contributed by atoms with Gasteiger partial charge in [0.05, 0.1) is 5.75 Å². The highest BCUT2D eigenvalue weighted by molar-refractivity contribution is 7.89. The van der Waals surface area contributed by atoms with Gasteiger partial charge in [0, 0.05) is 25.7 Å². The standard InChI is InChI=1S/C21H28N2O3S/c1-17-9-7-13-21(18(17)2)23(19(3)24)15-14-22-27(25,26)16-8-12-20-10-5-4-6-11-20/h4-7,9-11,13,22H,8,12,14-16H2,1-3H3. The van der Waals surface area contributed by atoms with Gasteiger partial charge in [-0.1, -0.05) is 42.5 Å². The van der Waals surface area contributed by atoms with Gasteiger partial charge >= 0.3 is 0 Å². The predicted molar refractivity (Wildman–Crippen MR) is 110 cm³/mol. The van der Waals surface area contributed by atoms with Gasteiger partial charge in [0.25, 0.3) is 0 Å². The molecule has 0 saturated heterocycles. The summed E-state index contributed by atoms with van der Waals surface area (Å²) in [5, 5.41) is 0. The van der Waals surface area contributed by atoms with Crippen molar-refractivity contribution in [3.8, 4) is 0 Å². The molecule has 5 nitrogen and oxygen atoms in total. The molecule has 0 bridgehead atoms. The Morgan fingerprint density at radius 1 is 1.04 bits per heavy atom. The van der Waals surface area contributed by atoms with Crippen LogP contribution >= 0.6 is 0 Å². The molecule has 0 saturated carbocycles. The first kappa shape index (κ1) is 21.1. The molecule has 0 unspecified atom stereocenters. The molecule has 6 heteroatoms. The maximum atomic E-state index is 12.2. The Kier molecular flexibility index (Phi) is 7.56. The summed E-state index contributed by atoms with van der Waals surface area (Å²) in [4.78, 5) is 13.7. The molecule has 1 N–H and O–H groups in total. The Labute approximate surface area is 162 Å². The topological polar surface area (TPSA) is 66.5 Å². The van der Waals surface area contributed by atoms with Gasteiger partial charge in [-0.2, -0.15) is 0 Å². The largest absolute Gasteiger partial charge is 0.311 e. The molecule has 0 aliphatic rings. The fourth-order valence-electron chi connectivity index (χ4n) is 2.97. The van der Waals surface area contributed by atoms with Crippen LogP contribution in [0.15, 0.2) is 48.5 Å². The fourth-order valence-corrected chi connectivity index (χ4v) is 4.04. The number of carbonyl (C=O) groups excluding carboxylic acids is 1. The fraction of sp³-hybridized carbons (Fsp3) is 0.381. The maximum absolute atomic E-state index is 12.2. The summed E-state index contributed by atoms with van der Waals surface area (Å²) < 4.78 is 27.0. The maximum Gasteiger partial charge on any atom is 0.223 e. The van der Waals surface area contributed by atoms with Gasteiger partial charge in [-0.3, -0.25) is 4.79 Å². The van der Waals surface area contributed by atoms with E-state index in [4.69, 9.17) is 0 Å². The average Bonchev–Trinajstić information content (AvgIpc) is 2.62. The van der Waals surface area contributed by atoms with Gasteiger partial charge in [0.2, 0.25) is 15.9 Å². The molecule has 0 radical (unpaired) electrons. The van der Waals surface area contributed by atoms with Crippen molar-refractivity contribution in [2.45, 2.75) is 33.6 Å². The molecule has 0 aromatic heterocycles. The molecule has 2 rings (SSSR count). The van der Waals surface area contributed by atoms with Crippen LogP contribution in [0.1, 0.15) is 30.0 Å². The molecule has 0 aliphatic carbocycles. The molecule has 2 aromatic carbocycles. The van der Waals surface area contributed by atoms with E-state index in [-0.39, 0.29) is 18.2 Å². The number of aryl methyl sites for hydroxylation is 2. The number of rotatable bonds is 9. The summed E-state index contributed by atoms with van der Waals surface area (Å²) in [6.07, 6.45) is 1.29. The van der Waals surface area contributed by atoms with Crippen LogP contribution < -0.4 is 9.62 Å². The van der Waals surface area contributed by atoms with E-state index in [2.05, 4.69) is 4.72 Å². The number of hydrogen-bond donors (Lipinski definition) is 1. The molecule has 0 heterocycles. The highest BCUT2D eigenvalue weighted by Crippen LogP contribution is 2.22. The third-order valence-corrected chi connectivity index (χ3v) is 6.10. The Morgan fingerprint density at radius 3 is 2.41 bits per heavy atom. The van der Waals surface area contributed by atoms with Crippen molar-refractivity contribution in [1.82, 2.24) is 4.72 Å². The van der Waals surface area contributed by atoms with Crippen LogP contribution in [-0.2, 0) is 21.2 Å². The zero-order valence-electron chi connectivity index (χ0n) is 16.2. The molecule has 0 fully saturated rings. The van der Waals surface area contributed by atoms with Crippen LogP contribution in [0.4, 0.5) is 5.69 Å². The van der Waals surface area contributed by atoms with Crippen LogP contribution in [0.25, 0.3) is 0 Å². The average molecular weight is 389 g/mol. The van der Waals surface area contributed by atoms with E-state index in [1.165, 1.54) is 6.92 Å². The van der Waals surface area contributed by atoms with Gasteiger partial charge in [-0.15, -0.1) is 0 Å². The molecular formula is C21H28N2O3S. The highest BCUT2D eigenvalue weighted by atomic mass is 32.2. The monoisotopic (exact) mass is 388 g/mol. The van der Waals surface area contributed by atoms with Crippen molar-refractivity contribution >= 4 is 21.6 Å². The summed E-state index contributed by atoms with van der Waals surface area (Å²) in [5.74, 6) is -0.0298. The van der Waals surface area contributed by atoms with Crippen LogP contribution in [0.3, 0.4) is 0 Å². The smallest absolute Gasteiger partial charge is 0.223 e. The van der Waals surface area contributed by atoms with Gasteiger partial charge < -0.3 is 4.90 Å². The molecule has 1 amide bonds. The number of anilines is 1. The zero-order chi connectivity index (χ0) is 19.9. The second-order valence-corrected chi connectivity index (χ2v) is 8.62. The molecule has 0 spiro atoms. The van der Waals surface area contributed by atoms with E-state index in [0.29, 0.717) is 13.0 Å². The minimum absolute atomic E-state index is 0.0748. The quantitative estimate of drug-likeness (QED) is 0.717. The lowest BCUT2D eigenvalue weighted by Crippen LogP contribution is -2.38. The lowest BCUT2D eigenvalue weighted by Gasteiger charge is -2.24. The summed E-state index contributed by atoms with van der Waals surface area (Å²) in [5.41, 5.74) is 4.08. The Balaban J connectivity index is 1.88. The summed E-state index contributed by atoms with van der Waals surface area (Å²) in [6.45, 7) is 5.95. The van der Waals surface area contributed by atoms with Crippen molar-refractivity contribution in [2.75, 3.05) is 23.7 Å². The van der Waals surface area contributed by atoms with Crippen molar-refractivity contribution < 1.29 is 13.2 Å². The van der Waals surface area contributed by atoms with Crippen molar-refractivity contribution in [2.24, 2.45) is 0 Å². The van der Waals surface area contributed by atoms with Crippen LogP contribution in [0.5, 0.6) is 0 Å². The molecule has 146 valence electrons. The first-order chi connectivity index (χ1) is 12.8. The first-order valence-electron chi connectivity index (χ1n) is 9.16. The third-order valence-electron chi connectivity index (χ3n) is 4.63. The highest BCUT2D eigenvalue weighted by Gasteiger charge is 2.16. The second kappa shape index (κ2) is 9.67. The summed E-state index contributed by atoms with van der Waals surface area (Å²) >= 11 is 0. The molecular weight excluding hydrogens is 360 g/mol. The van der Waals surface area contributed by atoms with E-state index in [0.717, 1.165) is 28.8 Å². The lowest BCUT2D eigenvalue weighted by atomic mass is 10.1. The minimum atomic E-state index is -3.36. The molecule has 0 atom stereocenters. The second-order valence-electron chi connectivity index (χ2n) is 6.69. The van der Waals surface area contributed by atoms with E-state index < -0.39 is 10.0 Å².